The van der Waals surface area contributed by atoms with E-state index >= 15 is 0 Å². The van der Waals surface area contributed by atoms with Gasteiger partial charge in [-0.1, -0.05) is 26.2 Å². The predicted molar refractivity (Wildman–Crippen MR) is 56.3 cm³/mol. The van der Waals surface area contributed by atoms with Crippen LogP contribution in [0.1, 0.15) is 45.4 Å². The van der Waals surface area contributed by atoms with Gasteiger partial charge in [-0.15, -0.1) is 0 Å². The summed E-state index contributed by atoms with van der Waals surface area (Å²) in [6.45, 7) is 2.91. The summed E-state index contributed by atoms with van der Waals surface area (Å²) in [5, 5.41) is 12.1. The van der Waals surface area contributed by atoms with E-state index in [4.69, 9.17) is 5.11 Å². The lowest BCUT2D eigenvalue weighted by molar-refractivity contribution is -0.138. The van der Waals surface area contributed by atoms with Gasteiger partial charge in [0.25, 0.3) is 0 Å². The molecule has 0 saturated heterocycles. The molecular formula is C11H21NO2. The molecule has 82 valence electrons. The first-order chi connectivity index (χ1) is 6.74. The van der Waals surface area contributed by atoms with Crippen molar-refractivity contribution in [3.05, 3.63) is 0 Å². The Kier molecular flexibility index (Phi) is 4.94. The Morgan fingerprint density at radius 2 is 2.07 bits per heavy atom. The molecule has 3 heteroatoms. The fourth-order valence-electron chi connectivity index (χ4n) is 2.39. The Balaban J connectivity index is 2.42. The van der Waals surface area contributed by atoms with Crippen molar-refractivity contribution >= 4 is 5.97 Å². The molecular weight excluding hydrogens is 178 g/mol. The van der Waals surface area contributed by atoms with Crippen LogP contribution in [0.2, 0.25) is 0 Å². The van der Waals surface area contributed by atoms with E-state index < -0.39 is 5.97 Å². The molecule has 0 aliphatic heterocycles. The van der Waals surface area contributed by atoms with Crippen LogP contribution >= 0.6 is 0 Å². The number of rotatable bonds is 5. The van der Waals surface area contributed by atoms with Crippen LogP contribution in [-0.2, 0) is 4.79 Å². The molecule has 1 unspecified atom stereocenters. The number of carboxylic acids is 1. The van der Waals surface area contributed by atoms with E-state index in [-0.39, 0.29) is 12.5 Å². The van der Waals surface area contributed by atoms with Gasteiger partial charge >= 0.3 is 5.97 Å². The van der Waals surface area contributed by atoms with Crippen molar-refractivity contribution in [3.63, 3.8) is 0 Å². The topological polar surface area (TPSA) is 49.3 Å². The van der Waals surface area contributed by atoms with E-state index in [1.54, 1.807) is 0 Å². The summed E-state index contributed by atoms with van der Waals surface area (Å²) in [6, 6.07) is 0.192. The van der Waals surface area contributed by atoms with Gasteiger partial charge < -0.3 is 10.4 Å². The van der Waals surface area contributed by atoms with Crippen LogP contribution in [0.4, 0.5) is 0 Å². The summed E-state index contributed by atoms with van der Waals surface area (Å²) < 4.78 is 0. The van der Waals surface area contributed by atoms with E-state index in [0.29, 0.717) is 5.92 Å². The summed E-state index contributed by atoms with van der Waals surface area (Å²) >= 11 is 0. The highest BCUT2D eigenvalue weighted by Crippen LogP contribution is 2.27. The molecule has 1 aliphatic carbocycles. The zero-order valence-electron chi connectivity index (χ0n) is 8.96. The maximum absolute atomic E-state index is 10.7. The molecule has 14 heavy (non-hydrogen) atoms. The highest BCUT2D eigenvalue weighted by molar-refractivity contribution is 5.67. The minimum absolute atomic E-state index is 0.192. The summed E-state index contributed by atoms with van der Waals surface area (Å²) in [5.41, 5.74) is 0. The van der Waals surface area contributed by atoms with Crippen molar-refractivity contribution in [2.45, 2.75) is 51.5 Å². The van der Waals surface area contributed by atoms with Gasteiger partial charge in [-0.25, -0.2) is 0 Å². The van der Waals surface area contributed by atoms with Crippen LogP contribution in [0.3, 0.4) is 0 Å². The monoisotopic (exact) mass is 199 g/mol. The lowest BCUT2D eigenvalue weighted by Crippen LogP contribution is -2.38. The van der Waals surface area contributed by atoms with Crippen LogP contribution in [0.5, 0.6) is 0 Å². The maximum atomic E-state index is 10.7. The van der Waals surface area contributed by atoms with Crippen molar-refractivity contribution in [1.82, 2.24) is 5.32 Å². The molecule has 1 rings (SSSR count). The molecule has 0 aromatic carbocycles. The minimum Gasteiger partial charge on any atom is -0.481 e. The molecule has 2 N–H and O–H groups in total. The molecule has 1 fully saturated rings. The molecule has 0 spiro atoms. The number of hydrogen-bond acceptors (Lipinski definition) is 2. The number of carboxylic acid groups (broad SMARTS) is 1. The van der Waals surface area contributed by atoms with Gasteiger partial charge in [0.1, 0.15) is 0 Å². The van der Waals surface area contributed by atoms with Gasteiger partial charge in [0.2, 0.25) is 0 Å². The normalized spacial score (nSPS) is 20.6. The molecule has 0 aromatic heterocycles. The zero-order valence-corrected chi connectivity index (χ0v) is 8.96. The highest BCUT2D eigenvalue weighted by atomic mass is 16.4. The number of nitrogens with one attached hydrogen (secondary N) is 1. The predicted octanol–water partition coefficient (Wildman–Crippen LogP) is 2.02. The third kappa shape index (κ3) is 3.66. The van der Waals surface area contributed by atoms with E-state index in [1.807, 2.05) is 6.92 Å². The van der Waals surface area contributed by atoms with Gasteiger partial charge in [0.05, 0.1) is 6.42 Å². The zero-order chi connectivity index (χ0) is 10.4. The largest absolute Gasteiger partial charge is 0.481 e. The highest BCUT2D eigenvalue weighted by Gasteiger charge is 2.24. The van der Waals surface area contributed by atoms with Crippen molar-refractivity contribution in [2.24, 2.45) is 5.92 Å². The Bertz CT molecular complexity index is 176. The lowest BCUT2D eigenvalue weighted by atomic mass is 9.82. The standard InChI is InChI=1S/C11H21NO2/c1-2-12-10(8-11(13)14)9-6-4-3-5-7-9/h9-10,12H,2-8H2,1H3,(H,13,14). The molecule has 0 bridgehead atoms. The van der Waals surface area contributed by atoms with Gasteiger partial charge in [-0.2, -0.15) is 0 Å². The molecule has 0 aromatic rings. The van der Waals surface area contributed by atoms with Crippen LogP contribution in [0.15, 0.2) is 0 Å². The Hall–Kier alpha value is -0.570. The first kappa shape index (κ1) is 11.5. The molecule has 1 saturated carbocycles. The molecule has 0 amide bonds. The Morgan fingerprint density at radius 3 is 2.57 bits per heavy atom. The lowest BCUT2D eigenvalue weighted by Gasteiger charge is -2.29. The fraction of sp³-hybridized carbons (Fsp3) is 0.909. The fourth-order valence-corrected chi connectivity index (χ4v) is 2.39. The smallest absolute Gasteiger partial charge is 0.304 e. The van der Waals surface area contributed by atoms with Gasteiger partial charge in [-0.3, -0.25) is 4.79 Å². The molecule has 3 nitrogen and oxygen atoms in total. The van der Waals surface area contributed by atoms with E-state index in [2.05, 4.69) is 5.32 Å². The van der Waals surface area contributed by atoms with Crippen LogP contribution in [0.25, 0.3) is 0 Å². The third-order valence-corrected chi connectivity index (χ3v) is 3.08. The summed E-state index contributed by atoms with van der Waals surface area (Å²) in [4.78, 5) is 10.7. The van der Waals surface area contributed by atoms with Crippen molar-refractivity contribution in [1.29, 1.82) is 0 Å². The van der Waals surface area contributed by atoms with E-state index in [0.717, 1.165) is 6.54 Å². The summed E-state index contributed by atoms with van der Waals surface area (Å²) in [7, 11) is 0. The molecule has 1 atom stereocenters. The Morgan fingerprint density at radius 1 is 1.43 bits per heavy atom. The second-order valence-electron chi connectivity index (χ2n) is 4.16. The number of aliphatic carboxylic acids is 1. The van der Waals surface area contributed by atoms with Crippen LogP contribution < -0.4 is 5.32 Å². The molecule has 1 aliphatic rings. The van der Waals surface area contributed by atoms with E-state index in [1.165, 1.54) is 32.1 Å². The average Bonchev–Trinajstić information content (AvgIpc) is 2.18. The first-order valence-electron chi connectivity index (χ1n) is 5.69. The number of carbonyl (C=O) groups is 1. The van der Waals surface area contributed by atoms with Gasteiger partial charge in [-0.05, 0) is 25.3 Å². The van der Waals surface area contributed by atoms with Crippen molar-refractivity contribution < 1.29 is 9.90 Å². The minimum atomic E-state index is -0.679. The SMILES string of the molecule is CCNC(CC(=O)O)C1CCCCC1. The molecule has 0 radical (unpaired) electrons. The summed E-state index contributed by atoms with van der Waals surface area (Å²) in [5.74, 6) is -0.0960. The third-order valence-electron chi connectivity index (χ3n) is 3.08. The number of hydrogen-bond donors (Lipinski definition) is 2. The van der Waals surface area contributed by atoms with Crippen molar-refractivity contribution in [2.75, 3.05) is 6.54 Å². The summed E-state index contributed by atoms with van der Waals surface area (Å²) in [6.07, 6.45) is 6.54. The quantitative estimate of drug-likeness (QED) is 0.712. The van der Waals surface area contributed by atoms with Crippen molar-refractivity contribution in [3.8, 4) is 0 Å². The Labute approximate surface area is 85.9 Å². The second-order valence-corrected chi connectivity index (χ2v) is 4.16. The first-order valence-corrected chi connectivity index (χ1v) is 5.69. The van der Waals surface area contributed by atoms with Gasteiger partial charge in [0, 0.05) is 6.04 Å². The average molecular weight is 199 g/mol. The molecule has 0 heterocycles. The van der Waals surface area contributed by atoms with Gasteiger partial charge in [0.15, 0.2) is 0 Å². The van der Waals surface area contributed by atoms with Crippen LogP contribution in [-0.4, -0.2) is 23.7 Å². The maximum Gasteiger partial charge on any atom is 0.304 e. The second kappa shape index (κ2) is 6.02. The van der Waals surface area contributed by atoms with Crippen LogP contribution in [0, 0.1) is 5.92 Å². The van der Waals surface area contributed by atoms with E-state index in [9.17, 15) is 4.79 Å².